The number of para-hydroxylation sites is 1. The van der Waals surface area contributed by atoms with E-state index in [1.807, 2.05) is 18.2 Å². The zero-order valence-corrected chi connectivity index (χ0v) is 10.8. The van der Waals surface area contributed by atoms with E-state index in [9.17, 15) is 9.18 Å². The Morgan fingerprint density at radius 1 is 1.05 bits per heavy atom. The number of rotatable bonds is 5. The van der Waals surface area contributed by atoms with Crippen molar-refractivity contribution >= 4 is 11.5 Å². The van der Waals surface area contributed by atoms with Crippen LogP contribution in [0.1, 0.15) is 16.8 Å². The van der Waals surface area contributed by atoms with Crippen molar-refractivity contribution in [2.24, 2.45) is 0 Å². The lowest BCUT2D eigenvalue weighted by Gasteiger charge is -2.19. The average Bonchev–Trinajstić information content (AvgIpc) is 2.46. The van der Waals surface area contributed by atoms with Crippen molar-refractivity contribution in [2.75, 3.05) is 18.5 Å². The highest BCUT2D eigenvalue weighted by Gasteiger charge is 2.10. The first-order chi connectivity index (χ1) is 9.18. The van der Waals surface area contributed by atoms with Crippen molar-refractivity contribution in [3.8, 4) is 0 Å². The van der Waals surface area contributed by atoms with Crippen molar-refractivity contribution in [2.45, 2.75) is 6.42 Å². The number of hydrogen-bond acceptors (Lipinski definition) is 2. The van der Waals surface area contributed by atoms with Gasteiger partial charge in [-0.2, -0.15) is 0 Å². The second kappa shape index (κ2) is 6.14. The van der Waals surface area contributed by atoms with Crippen LogP contribution in [0, 0.1) is 5.82 Å². The molecule has 0 saturated heterocycles. The minimum Gasteiger partial charge on any atom is -0.372 e. The molecule has 3 heteroatoms. The zero-order valence-electron chi connectivity index (χ0n) is 10.8. The summed E-state index contributed by atoms with van der Waals surface area (Å²) >= 11 is 0. The van der Waals surface area contributed by atoms with Crippen LogP contribution < -0.4 is 4.90 Å². The monoisotopic (exact) mass is 257 g/mol. The van der Waals surface area contributed by atoms with Crippen LogP contribution in [0.4, 0.5) is 10.1 Å². The largest absolute Gasteiger partial charge is 0.372 e. The predicted octanol–water partition coefficient (Wildman–Crippen LogP) is 3.53. The van der Waals surface area contributed by atoms with E-state index in [4.69, 9.17) is 0 Å². The van der Waals surface area contributed by atoms with Gasteiger partial charge in [-0.15, -0.1) is 0 Å². The first-order valence-corrected chi connectivity index (χ1v) is 6.22. The van der Waals surface area contributed by atoms with Crippen LogP contribution in [0.5, 0.6) is 0 Å². The van der Waals surface area contributed by atoms with Gasteiger partial charge in [0, 0.05) is 25.6 Å². The molecule has 2 aromatic rings. The summed E-state index contributed by atoms with van der Waals surface area (Å²) < 4.78 is 13.6. The Bertz CT molecular complexity index is 554. The highest BCUT2D eigenvalue weighted by molar-refractivity contribution is 5.96. The van der Waals surface area contributed by atoms with Crippen molar-refractivity contribution in [1.82, 2.24) is 0 Å². The minimum atomic E-state index is -0.267. The summed E-state index contributed by atoms with van der Waals surface area (Å²) in [6, 6.07) is 15.7. The molecule has 0 amide bonds. The molecule has 0 aliphatic heterocycles. The lowest BCUT2D eigenvalue weighted by atomic mass is 10.1. The molecule has 0 bridgehead atoms. The molecule has 0 radical (unpaired) electrons. The highest BCUT2D eigenvalue weighted by Crippen LogP contribution is 2.17. The van der Waals surface area contributed by atoms with E-state index in [0.29, 0.717) is 24.2 Å². The Labute approximate surface area is 112 Å². The molecule has 0 aliphatic carbocycles. The van der Waals surface area contributed by atoms with Gasteiger partial charge in [0.05, 0.1) is 5.69 Å². The van der Waals surface area contributed by atoms with E-state index < -0.39 is 0 Å². The molecular formula is C16H16FNO. The molecule has 0 heterocycles. The Hall–Kier alpha value is -2.16. The number of anilines is 1. The van der Waals surface area contributed by atoms with E-state index in [1.54, 1.807) is 42.3 Å². The smallest absolute Gasteiger partial charge is 0.164 e. The van der Waals surface area contributed by atoms with Gasteiger partial charge in [-0.3, -0.25) is 4.79 Å². The van der Waals surface area contributed by atoms with Gasteiger partial charge in [-0.25, -0.2) is 4.39 Å². The lowest BCUT2D eigenvalue weighted by molar-refractivity contribution is 0.0985. The average molecular weight is 257 g/mol. The van der Waals surface area contributed by atoms with Gasteiger partial charge in [-0.1, -0.05) is 42.5 Å². The molecule has 0 unspecified atom stereocenters. The second-order valence-electron chi connectivity index (χ2n) is 4.41. The van der Waals surface area contributed by atoms with Crippen LogP contribution in [-0.4, -0.2) is 19.4 Å². The maximum absolute atomic E-state index is 13.6. The summed E-state index contributed by atoms with van der Waals surface area (Å²) in [5.41, 5.74) is 1.22. The third kappa shape index (κ3) is 3.41. The zero-order chi connectivity index (χ0) is 13.7. The lowest BCUT2D eigenvalue weighted by Crippen LogP contribution is -2.22. The topological polar surface area (TPSA) is 20.3 Å². The Morgan fingerprint density at radius 3 is 2.37 bits per heavy atom. The van der Waals surface area contributed by atoms with Crippen LogP contribution in [-0.2, 0) is 0 Å². The SMILES string of the molecule is CN(CCC(=O)c1ccccc1)c1ccccc1F. The fourth-order valence-electron chi connectivity index (χ4n) is 1.92. The normalized spacial score (nSPS) is 10.2. The fourth-order valence-corrected chi connectivity index (χ4v) is 1.92. The van der Waals surface area contributed by atoms with E-state index in [2.05, 4.69) is 0 Å². The number of nitrogens with zero attached hydrogens (tertiary/aromatic N) is 1. The van der Waals surface area contributed by atoms with Gasteiger partial charge in [0.1, 0.15) is 5.82 Å². The number of benzene rings is 2. The molecule has 2 aromatic carbocycles. The predicted molar refractivity (Wildman–Crippen MR) is 75.1 cm³/mol. The molecule has 19 heavy (non-hydrogen) atoms. The van der Waals surface area contributed by atoms with Crippen LogP contribution in [0.15, 0.2) is 54.6 Å². The number of Topliss-reactive ketones (excluding diaryl/α,β-unsaturated/α-hetero) is 1. The van der Waals surface area contributed by atoms with Crippen LogP contribution >= 0.6 is 0 Å². The van der Waals surface area contributed by atoms with Crippen LogP contribution in [0.25, 0.3) is 0 Å². The first kappa shape index (κ1) is 13.3. The molecule has 0 aliphatic rings. The maximum atomic E-state index is 13.6. The molecule has 0 spiro atoms. The number of ketones is 1. The summed E-state index contributed by atoms with van der Waals surface area (Å²) in [6.45, 7) is 0.495. The molecule has 0 atom stereocenters. The molecule has 0 N–H and O–H groups in total. The van der Waals surface area contributed by atoms with E-state index in [1.165, 1.54) is 6.07 Å². The summed E-state index contributed by atoms with van der Waals surface area (Å²) in [5.74, 6) is -0.194. The van der Waals surface area contributed by atoms with Crippen molar-refractivity contribution < 1.29 is 9.18 Å². The first-order valence-electron chi connectivity index (χ1n) is 6.22. The number of carbonyl (C=O) groups excluding carboxylic acids is 1. The molecular weight excluding hydrogens is 241 g/mol. The van der Waals surface area contributed by atoms with Crippen molar-refractivity contribution in [3.63, 3.8) is 0 Å². The highest BCUT2D eigenvalue weighted by atomic mass is 19.1. The van der Waals surface area contributed by atoms with Gasteiger partial charge in [0.2, 0.25) is 0 Å². The van der Waals surface area contributed by atoms with E-state index in [0.717, 1.165) is 0 Å². The van der Waals surface area contributed by atoms with Crippen molar-refractivity contribution in [3.05, 3.63) is 66.0 Å². The van der Waals surface area contributed by atoms with Gasteiger partial charge >= 0.3 is 0 Å². The summed E-state index contributed by atoms with van der Waals surface area (Å²) in [7, 11) is 1.79. The minimum absolute atomic E-state index is 0.0730. The number of halogens is 1. The Balaban J connectivity index is 1.96. The number of hydrogen-bond donors (Lipinski definition) is 0. The summed E-state index contributed by atoms with van der Waals surface area (Å²) in [4.78, 5) is 13.7. The molecule has 98 valence electrons. The van der Waals surface area contributed by atoms with E-state index >= 15 is 0 Å². The van der Waals surface area contributed by atoms with Crippen LogP contribution in [0.2, 0.25) is 0 Å². The van der Waals surface area contributed by atoms with E-state index in [-0.39, 0.29) is 11.6 Å². The third-order valence-corrected chi connectivity index (χ3v) is 3.03. The standard InChI is InChI=1S/C16H16FNO/c1-18(15-10-6-5-9-14(15)17)12-11-16(19)13-7-3-2-4-8-13/h2-10H,11-12H2,1H3. The Kier molecular flexibility index (Phi) is 4.29. The van der Waals surface area contributed by atoms with Crippen molar-refractivity contribution in [1.29, 1.82) is 0 Å². The van der Waals surface area contributed by atoms with Gasteiger partial charge < -0.3 is 4.90 Å². The molecule has 0 aromatic heterocycles. The second-order valence-corrected chi connectivity index (χ2v) is 4.41. The summed E-state index contributed by atoms with van der Waals surface area (Å²) in [6.07, 6.45) is 0.370. The van der Waals surface area contributed by atoms with Crippen LogP contribution in [0.3, 0.4) is 0 Å². The molecule has 2 nitrogen and oxygen atoms in total. The molecule has 0 fully saturated rings. The number of carbonyl (C=O) groups is 1. The Morgan fingerprint density at radius 2 is 1.68 bits per heavy atom. The van der Waals surface area contributed by atoms with Gasteiger partial charge in [-0.05, 0) is 12.1 Å². The molecule has 2 rings (SSSR count). The van der Waals surface area contributed by atoms with Gasteiger partial charge in [0.15, 0.2) is 5.78 Å². The van der Waals surface area contributed by atoms with Gasteiger partial charge in [0.25, 0.3) is 0 Å². The third-order valence-electron chi connectivity index (χ3n) is 3.03. The fraction of sp³-hybridized carbons (Fsp3) is 0.188. The maximum Gasteiger partial charge on any atom is 0.164 e. The summed E-state index contributed by atoms with van der Waals surface area (Å²) in [5, 5.41) is 0. The molecule has 0 saturated carbocycles. The quantitative estimate of drug-likeness (QED) is 0.764.